The zero-order valence-corrected chi connectivity index (χ0v) is 8.16. The molecule has 0 saturated carbocycles. The van der Waals surface area contributed by atoms with Crippen LogP contribution < -0.4 is 0 Å². The molecule has 0 unspecified atom stereocenters. The maximum absolute atomic E-state index is 11.2. The Kier molecular flexibility index (Phi) is 4.06. The summed E-state index contributed by atoms with van der Waals surface area (Å²) in [5.41, 5.74) is 0. The number of allylic oxidation sites excluding steroid dienone is 4. The lowest BCUT2D eigenvalue weighted by atomic mass is 10.2. The number of carbonyl (C=O) groups is 2. The molecule has 1 atom stereocenters. The number of hydrogen-bond donors (Lipinski definition) is 2. The second-order valence-corrected chi connectivity index (χ2v) is 3.82. The minimum atomic E-state index is -0.866. The molecule has 0 aliphatic heterocycles. The van der Waals surface area contributed by atoms with E-state index in [2.05, 4.69) is 0 Å². The van der Waals surface area contributed by atoms with Crippen molar-refractivity contribution in [3.63, 3.8) is 0 Å². The van der Waals surface area contributed by atoms with Crippen molar-refractivity contribution in [3.05, 3.63) is 23.1 Å². The molecule has 0 amide bonds. The van der Waals surface area contributed by atoms with Gasteiger partial charge in [0.2, 0.25) is 0 Å². The zero-order chi connectivity index (χ0) is 10.6. The third kappa shape index (κ3) is 3.10. The van der Waals surface area contributed by atoms with Gasteiger partial charge in [-0.3, -0.25) is 9.59 Å². The van der Waals surface area contributed by atoms with Crippen LogP contribution in [0.15, 0.2) is 23.1 Å². The van der Waals surface area contributed by atoms with E-state index >= 15 is 0 Å². The molecule has 0 spiro atoms. The fourth-order valence-corrected chi connectivity index (χ4v) is 1.73. The molecule has 1 rings (SSSR count). The molecule has 0 bridgehead atoms. The molecular weight excluding hydrogens is 204 g/mol. The summed E-state index contributed by atoms with van der Waals surface area (Å²) < 4.78 is 0. The average molecular weight is 214 g/mol. The monoisotopic (exact) mass is 214 g/mol. The second kappa shape index (κ2) is 5.09. The van der Waals surface area contributed by atoms with Crippen LogP contribution in [-0.4, -0.2) is 40.2 Å². The van der Waals surface area contributed by atoms with Gasteiger partial charge in [0.05, 0.1) is 17.6 Å². The number of hydrogen-bond acceptors (Lipinski definition) is 5. The van der Waals surface area contributed by atoms with Crippen molar-refractivity contribution < 1.29 is 19.8 Å². The van der Waals surface area contributed by atoms with Gasteiger partial charge in [-0.05, 0) is 12.2 Å². The lowest BCUT2D eigenvalue weighted by Gasteiger charge is -2.08. The normalized spacial score (nSPS) is 18.3. The Balaban J connectivity index is 2.52. The summed E-state index contributed by atoms with van der Waals surface area (Å²) >= 11 is 1.07. The highest BCUT2D eigenvalue weighted by Gasteiger charge is 2.14. The van der Waals surface area contributed by atoms with Crippen LogP contribution >= 0.6 is 11.8 Å². The number of aliphatic hydroxyl groups excluding tert-OH is 2. The minimum absolute atomic E-state index is 0.204. The molecule has 76 valence electrons. The van der Waals surface area contributed by atoms with Crippen molar-refractivity contribution in [2.24, 2.45) is 0 Å². The van der Waals surface area contributed by atoms with Crippen LogP contribution in [0.2, 0.25) is 0 Å². The summed E-state index contributed by atoms with van der Waals surface area (Å²) in [6, 6.07) is 0. The summed E-state index contributed by atoms with van der Waals surface area (Å²) in [6.07, 6.45) is 2.77. The molecule has 1 aliphatic rings. The van der Waals surface area contributed by atoms with Gasteiger partial charge in [-0.2, -0.15) is 0 Å². The Morgan fingerprint density at radius 3 is 2.71 bits per heavy atom. The summed E-state index contributed by atoms with van der Waals surface area (Å²) in [6.45, 7) is -0.349. The first-order valence-electron chi connectivity index (χ1n) is 4.03. The van der Waals surface area contributed by atoms with Crippen LogP contribution in [0, 0.1) is 0 Å². The SMILES string of the molecule is O=C1C=CC(=O)C(SC[C@@H](O)CO)=C1. The maximum Gasteiger partial charge on any atom is 0.192 e. The fraction of sp³-hybridized carbons (Fsp3) is 0.333. The highest BCUT2D eigenvalue weighted by Crippen LogP contribution is 2.20. The highest BCUT2D eigenvalue weighted by atomic mass is 32.2. The first kappa shape index (κ1) is 11.2. The number of carbonyl (C=O) groups excluding carboxylic acids is 2. The molecular formula is C9H10O4S. The number of rotatable bonds is 4. The van der Waals surface area contributed by atoms with E-state index in [0.717, 1.165) is 11.8 Å². The van der Waals surface area contributed by atoms with E-state index in [1.165, 1.54) is 18.2 Å². The molecule has 0 aromatic heterocycles. The van der Waals surface area contributed by atoms with Crippen LogP contribution in [0.1, 0.15) is 0 Å². The van der Waals surface area contributed by atoms with E-state index in [9.17, 15) is 9.59 Å². The quantitative estimate of drug-likeness (QED) is 0.626. The van der Waals surface area contributed by atoms with Crippen molar-refractivity contribution >= 4 is 23.3 Å². The van der Waals surface area contributed by atoms with Gasteiger partial charge in [-0.1, -0.05) is 0 Å². The molecule has 0 radical (unpaired) electrons. The van der Waals surface area contributed by atoms with E-state index in [4.69, 9.17) is 10.2 Å². The Morgan fingerprint density at radius 1 is 1.36 bits per heavy atom. The molecule has 1 aliphatic carbocycles. The van der Waals surface area contributed by atoms with E-state index in [-0.39, 0.29) is 23.9 Å². The third-order valence-corrected chi connectivity index (χ3v) is 2.74. The first-order valence-corrected chi connectivity index (χ1v) is 5.02. The van der Waals surface area contributed by atoms with Gasteiger partial charge in [0.15, 0.2) is 11.6 Å². The van der Waals surface area contributed by atoms with Crippen molar-refractivity contribution in [2.75, 3.05) is 12.4 Å². The Morgan fingerprint density at radius 2 is 2.07 bits per heavy atom. The van der Waals surface area contributed by atoms with Gasteiger partial charge in [0.1, 0.15) is 0 Å². The fourth-order valence-electron chi connectivity index (χ4n) is 0.840. The third-order valence-electron chi connectivity index (χ3n) is 1.56. The van der Waals surface area contributed by atoms with Gasteiger partial charge < -0.3 is 10.2 Å². The summed E-state index contributed by atoms with van der Waals surface area (Å²) in [5, 5.41) is 17.6. The van der Waals surface area contributed by atoms with Crippen molar-refractivity contribution in [3.8, 4) is 0 Å². The standard InChI is InChI=1S/C9H10O4S/c10-4-7(12)5-14-9-3-6(11)1-2-8(9)13/h1-3,7,10,12H,4-5H2/t7-/m0/s1. The number of ketones is 2. The number of thioether (sulfide) groups is 1. The molecule has 0 saturated heterocycles. The molecule has 2 N–H and O–H groups in total. The molecule has 5 heteroatoms. The van der Waals surface area contributed by atoms with E-state index in [0.29, 0.717) is 4.91 Å². The Hall–Kier alpha value is -0.910. The first-order chi connectivity index (χ1) is 6.63. The molecule has 0 fully saturated rings. The maximum atomic E-state index is 11.2. The molecule has 0 aromatic carbocycles. The van der Waals surface area contributed by atoms with E-state index in [1.54, 1.807) is 0 Å². The van der Waals surface area contributed by atoms with Gasteiger partial charge in [-0.15, -0.1) is 11.8 Å². The molecule has 14 heavy (non-hydrogen) atoms. The summed E-state index contributed by atoms with van der Waals surface area (Å²) in [5.74, 6) is -0.264. The number of aliphatic hydroxyl groups is 2. The smallest absolute Gasteiger partial charge is 0.192 e. The largest absolute Gasteiger partial charge is 0.394 e. The molecule has 0 heterocycles. The predicted octanol–water partition coefficient (Wildman–Crippen LogP) is -0.335. The van der Waals surface area contributed by atoms with E-state index < -0.39 is 6.10 Å². The van der Waals surface area contributed by atoms with Crippen LogP contribution in [0.5, 0.6) is 0 Å². The van der Waals surface area contributed by atoms with Crippen molar-refractivity contribution in [1.82, 2.24) is 0 Å². The van der Waals surface area contributed by atoms with Crippen molar-refractivity contribution in [2.45, 2.75) is 6.10 Å². The summed E-state index contributed by atoms with van der Waals surface area (Å²) in [4.78, 5) is 22.4. The molecule has 4 nitrogen and oxygen atoms in total. The van der Waals surface area contributed by atoms with Crippen LogP contribution in [0.25, 0.3) is 0 Å². The highest BCUT2D eigenvalue weighted by molar-refractivity contribution is 8.04. The van der Waals surface area contributed by atoms with Gasteiger partial charge in [-0.25, -0.2) is 0 Å². The van der Waals surface area contributed by atoms with E-state index in [1.807, 2.05) is 0 Å². The lowest BCUT2D eigenvalue weighted by molar-refractivity contribution is -0.114. The van der Waals surface area contributed by atoms with Gasteiger partial charge in [0.25, 0.3) is 0 Å². The van der Waals surface area contributed by atoms with Gasteiger partial charge >= 0.3 is 0 Å². The van der Waals surface area contributed by atoms with Crippen LogP contribution in [-0.2, 0) is 9.59 Å². The Labute approximate surface area is 85.3 Å². The zero-order valence-electron chi connectivity index (χ0n) is 7.34. The van der Waals surface area contributed by atoms with Crippen molar-refractivity contribution in [1.29, 1.82) is 0 Å². The Bertz CT molecular complexity index is 306. The van der Waals surface area contributed by atoms with Crippen LogP contribution in [0.4, 0.5) is 0 Å². The molecule has 0 aromatic rings. The van der Waals surface area contributed by atoms with Gasteiger partial charge in [0, 0.05) is 11.8 Å². The predicted molar refractivity (Wildman–Crippen MR) is 52.8 cm³/mol. The van der Waals surface area contributed by atoms with Crippen LogP contribution in [0.3, 0.4) is 0 Å². The minimum Gasteiger partial charge on any atom is -0.394 e. The summed E-state index contributed by atoms with van der Waals surface area (Å²) in [7, 11) is 0. The lowest BCUT2D eigenvalue weighted by Crippen LogP contribution is -2.16. The second-order valence-electron chi connectivity index (χ2n) is 2.76. The average Bonchev–Trinajstić information content (AvgIpc) is 2.19. The topological polar surface area (TPSA) is 74.6 Å².